The number of benzene rings is 2. The molecule has 0 amide bonds. The molecule has 2 heterocycles. The van der Waals surface area contributed by atoms with Crippen LogP contribution < -0.4 is 4.74 Å². The van der Waals surface area contributed by atoms with E-state index < -0.39 is 11.0 Å². The van der Waals surface area contributed by atoms with E-state index in [2.05, 4.69) is 60.0 Å². The van der Waals surface area contributed by atoms with Crippen LogP contribution in [0.3, 0.4) is 0 Å². The van der Waals surface area contributed by atoms with Crippen LogP contribution in [0.1, 0.15) is 62.6 Å². The summed E-state index contributed by atoms with van der Waals surface area (Å²) in [5, 5.41) is 23.7. The van der Waals surface area contributed by atoms with Gasteiger partial charge in [0.05, 0.1) is 11.0 Å². The van der Waals surface area contributed by atoms with E-state index in [9.17, 15) is 10.2 Å². The third-order valence-electron chi connectivity index (χ3n) is 10.0. The third kappa shape index (κ3) is 4.07. The molecule has 1 saturated heterocycles. The van der Waals surface area contributed by atoms with E-state index in [4.69, 9.17) is 4.74 Å². The molecule has 5 aliphatic rings. The smallest absolute Gasteiger partial charge is 0.165 e. The van der Waals surface area contributed by atoms with Gasteiger partial charge in [0.15, 0.2) is 11.5 Å². The molecule has 3 aliphatic carbocycles. The van der Waals surface area contributed by atoms with Crippen LogP contribution in [0.4, 0.5) is 0 Å². The summed E-state index contributed by atoms with van der Waals surface area (Å²) in [5.41, 5.74) is 2.46. The molecule has 5 nitrogen and oxygen atoms in total. The fourth-order valence-corrected chi connectivity index (χ4v) is 8.43. The summed E-state index contributed by atoms with van der Waals surface area (Å²) in [6.07, 6.45) is 5.98. The number of hydrogen-bond acceptors (Lipinski definition) is 5. The predicted octanol–water partition coefficient (Wildman–Crippen LogP) is 5.33. The standard InChI is InChI=1S/C31H40N2O3.2ClH/c1-20(2)17-33(19-21-6-4-3-5-7-21)24-12-13-31(35)26-16-23-10-11-25(34)28-27(23)30(31,29(24)36-28)14-15-32(26)18-22-8-9-22;;/h3-7,10-11,20,22,24,26,29,34-35H,8-9,12-19H2,1-2H3;2*1H/t24-,26-,29+,30+,31-;;/m1../s1. The number of aromatic hydroxyl groups is 1. The maximum Gasteiger partial charge on any atom is 0.165 e. The minimum absolute atomic E-state index is 0. The van der Waals surface area contributed by atoms with Gasteiger partial charge < -0.3 is 14.9 Å². The highest BCUT2D eigenvalue weighted by molar-refractivity contribution is 5.85. The van der Waals surface area contributed by atoms with Crippen molar-refractivity contribution in [2.24, 2.45) is 11.8 Å². The average Bonchev–Trinajstić information content (AvgIpc) is 3.59. The first kappa shape index (κ1) is 28.0. The molecule has 0 radical (unpaired) electrons. The van der Waals surface area contributed by atoms with Crippen LogP contribution in [-0.2, 0) is 18.4 Å². The Balaban J connectivity index is 0.00000147. The van der Waals surface area contributed by atoms with Gasteiger partial charge in [-0.3, -0.25) is 9.80 Å². The van der Waals surface area contributed by atoms with Crippen LogP contribution in [0.2, 0.25) is 0 Å². The SMILES string of the molecule is CC(C)CN(Cc1ccccc1)[C@@H]1CC[C@@]2(O)[C@H]3Cc4ccc(O)c5c4[C@@]2(CCN3CC2CC2)[C@H]1O5.Cl.Cl. The molecular weight excluding hydrogens is 519 g/mol. The Morgan fingerprint density at radius 1 is 1.05 bits per heavy atom. The van der Waals surface area contributed by atoms with Crippen LogP contribution in [0, 0.1) is 11.8 Å². The largest absolute Gasteiger partial charge is 0.504 e. The maximum atomic E-state index is 12.8. The van der Waals surface area contributed by atoms with Crippen molar-refractivity contribution >= 4 is 24.8 Å². The Kier molecular flexibility index (Phi) is 7.50. The summed E-state index contributed by atoms with van der Waals surface area (Å²) >= 11 is 0. The second-order valence-corrected chi connectivity index (χ2v) is 12.7. The number of aliphatic hydroxyl groups is 1. The van der Waals surface area contributed by atoms with Gasteiger partial charge in [0.2, 0.25) is 0 Å². The fraction of sp³-hybridized carbons (Fsp3) is 0.613. The molecule has 2 aromatic rings. The first-order valence-corrected chi connectivity index (χ1v) is 14.2. The monoisotopic (exact) mass is 560 g/mol. The van der Waals surface area contributed by atoms with Gasteiger partial charge in [-0.05, 0) is 74.1 Å². The minimum atomic E-state index is -0.816. The number of halogens is 2. The first-order valence-electron chi connectivity index (χ1n) is 14.2. The summed E-state index contributed by atoms with van der Waals surface area (Å²) in [6.45, 7) is 8.57. The quantitative estimate of drug-likeness (QED) is 0.479. The van der Waals surface area contributed by atoms with E-state index in [1.165, 1.54) is 24.0 Å². The molecule has 38 heavy (non-hydrogen) atoms. The second kappa shape index (κ2) is 10.2. The number of hydrogen-bond donors (Lipinski definition) is 2. The molecule has 1 spiro atoms. The number of ether oxygens (including phenoxy) is 1. The van der Waals surface area contributed by atoms with Crippen molar-refractivity contribution in [3.05, 3.63) is 59.2 Å². The van der Waals surface area contributed by atoms with Crippen molar-refractivity contribution in [2.75, 3.05) is 19.6 Å². The molecule has 0 aromatic heterocycles. The molecule has 2 aliphatic heterocycles. The van der Waals surface area contributed by atoms with Gasteiger partial charge in [0, 0.05) is 37.3 Å². The van der Waals surface area contributed by atoms with Crippen molar-refractivity contribution in [1.29, 1.82) is 0 Å². The van der Waals surface area contributed by atoms with Crippen LogP contribution >= 0.6 is 24.8 Å². The van der Waals surface area contributed by atoms with E-state index in [0.29, 0.717) is 11.7 Å². The molecule has 3 fully saturated rings. The van der Waals surface area contributed by atoms with Crippen LogP contribution in [0.5, 0.6) is 11.5 Å². The first-order chi connectivity index (χ1) is 17.4. The molecule has 0 unspecified atom stereocenters. The second-order valence-electron chi connectivity index (χ2n) is 12.7. The molecule has 5 atom stereocenters. The molecule has 7 heteroatoms. The lowest BCUT2D eigenvalue weighted by atomic mass is 9.48. The molecular formula is C31H42Cl2N2O3. The molecule has 2 bridgehead atoms. The number of piperidine rings is 1. The maximum absolute atomic E-state index is 12.8. The zero-order chi connectivity index (χ0) is 24.7. The molecule has 2 saturated carbocycles. The number of phenols is 1. The topological polar surface area (TPSA) is 56.2 Å². The molecule has 7 rings (SSSR count). The Labute approximate surface area is 239 Å². The molecule has 208 valence electrons. The van der Waals surface area contributed by atoms with Crippen molar-refractivity contribution in [3.8, 4) is 11.5 Å². The van der Waals surface area contributed by atoms with Crippen LogP contribution in [0.25, 0.3) is 0 Å². The van der Waals surface area contributed by atoms with E-state index in [1.807, 2.05) is 6.07 Å². The van der Waals surface area contributed by atoms with E-state index in [1.54, 1.807) is 0 Å². The predicted molar refractivity (Wildman–Crippen MR) is 155 cm³/mol. The summed E-state index contributed by atoms with van der Waals surface area (Å²) < 4.78 is 6.85. The van der Waals surface area contributed by atoms with E-state index >= 15 is 0 Å². The van der Waals surface area contributed by atoms with Gasteiger partial charge in [0.25, 0.3) is 0 Å². The van der Waals surface area contributed by atoms with Gasteiger partial charge >= 0.3 is 0 Å². The summed E-state index contributed by atoms with van der Waals surface area (Å²) in [4.78, 5) is 5.23. The Bertz CT molecular complexity index is 1160. The Morgan fingerprint density at radius 3 is 2.53 bits per heavy atom. The zero-order valence-corrected chi connectivity index (χ0v) is 24.1. The number of phenolic OH excluding ortho intramolecular Hbond substituents is 1. The third-order valence-corrected chi connectivity index (χ3v) is 10.0. The summed E-state index contributed by atoms with van der Waals surface area (Å²) in [5.74, 6) is 2.22. The van der Waals surface area contributed by atoms with Gasteiger partial charge in [0.1, 0.15) is 6.10 Å². The number of rotatable bonds is 7. The minimum Gasteiger partial charge on any atom is -0.504 e. The normalized spacial score (nSPS) is 32.8. The van der Waals surface area contributed by atoms with Gasteiger partial charge in [-0.2, -0.15) is 0 Å². The Hall–Kier alpha value is -1.50. The van der Waals surface area contributed by atoms with Gasteiger partial charge in [-0.15, -0.1) is 24.8 Å². The molecule has 2 N–H and O–H groups in total. The average molecular weight is 562 g/mol. The molecule has 2 aromatic carbocycles. The van der Waals surface area contributed by atoms with Gasteiger partial charge in [-0.25, -0.2) is 0 Å². The zero-order valence-electron chi connectivity index (χ0n) is 22.5. The highest BCUT2D eigenvalue weighted by Gasteiger charge is 2.73. The van der Waals surface area contributed by atoms with Crippen molar-refractivity contribution in [1.82, 2.24) is 9.80 Å². The highest BCUT2D eigenvalue weighted by atomic mass is 35.5. The number of likely N-dealkylation sites (tertiary alicyclic amines) is 1. The number of nitrogens with zero attached hydrogens (tertiary/aromatic N) is 2. The van der Waals surface area contributed by atoms with Crippen LogP contribution in [-0.4, -0.2) is 63.4 Å². The van der Waals surface area contributed by atoms with E-state index in [0.717, 1.165) is 63.3 Å². The van der Waals surface area contributed by atoms with Gasteiger partial charge in [-0.1, -0.05) is 50.2 Å². The fourth-order valence-electron chi connectivity index (χ4n) is 8.43. The van der Waals surface area contributed by atoms with Crippen molar-refractivity contribution in [3.63, 3.8) is 0 Å². The lowest BCUT2D eigenvalue weighted by molar-refractivity contribution is -0.201. The van der Waals surface area contributed by atoms with E-state index in [-0.39, 0.29) is 48.8 Å². The Morgan fingerprint density at radius 2 is 1.82 bits per heavy atom. The lowest BCUT2D eigenvalue weighted by Gasteiger charge is -2.65. The van der Waals surface area contributed by atoms with Crippen LogP contribution in [0.15, 0.2) is 42.5 Å². The summed E-state index contributed by atoms with van der Waals surface area (Å²) in [6, 6.07) is 15.0. The summed E-state index contributed by atoms with van der Waals surface area (Å²) in [7, 11) is 0. The highest BCUT2D eigenvalue weighted by Crippen LogP contribution is 2.66. The van der Waals surface area contributed by atoms with Crippen molar-refractivity contribution < 1.29 is 14.9 Å². The lowest BCUT2D eigenvalue weighted by Crippen LogP contribution is -2.78. The van der Waals surface area contributed by atoms with Crippen molar-refractivity contribution in [2.45, 2.75) is 88.1 Å².